The van der Waals surface area contributed by atoms with E-state index in [0.717, 1.165) is 10.4 Å². The zero-order chi connectivity index (χ0) is 21.0. The zero-order valence-electron chi connectivity index (χ0n) is 16.7. The number of thiophene rings is 1. The quantitative estimate of drug-likeness (QED) is 0.623. The summed E-state index contributed by atoms with van der Waals surface area (Å²) in [6.07, 6.45) is 0.680. The third kappa shape index (κ3) is 3.35. The molecular weight excluding hydrogens is 386 g/mol. The number of nitrogens with zero attached hydrogens (tertiary/aromatic N) is 1. The predicted octanol–water partition coefficient (Wildman–Crippen LogP) is 4.14. The van der Waals surface area contributed by atoms with Crippen LogP contribution in [0.1, 0.15) is 54.1 Å². The Morgan fingerprint density at radius 3 is 2.72 bits per heavy atom. The van der Waals surface area contributed by atoms with E-state index in [2.05, 4.69) is 44.4 Å². The summed E-state index contributed by atoms with van der Waals surface area (Å²) in [5.41, 5.74) is 0.537. The molecule has 1 aliphatic heterocycles. The van der Waals surface area contributed by atoms with E-state index in [1.54, 1.807) is 18.2 Å². The minimum absolute atomic E-state index is 0.0864. The topological polar surface area (TPSA) is 95.1 Å². The Morgan fingerprint density at radius 2 is 2.00 bits per heavy atom. The molecule has 148 valence electrons. The second-order valence-electron chi connectivity index (χ2n) is 8.48. The van der Waals surface area contributed by atoms with Crippen molar-refractivity contribution in [3.8, 4) is 6.07 Å². The van der Waals surface area contributed by atoms with Gasteiger partial charge in [0.1, 0.15) is 22.2 Å². The number of para-hydroxylation sites is 1. The number of amides is 1. The lowest BCUT2D eigenvalue weighted by Crippen LogP contribution is -2.54. The average molecular weight is 407 g/mol. The lowest BCUT2D eigenvalue weighted by atomic mass is 9.81. The molecule has 1 amide bonds. The van der Waals surface area contributed by atoms with Crippen molar-refractivity contribution in [2.75, 3.05) is 5.32 Å². The van der Waals surface area contributed by atoms with Crippen molar-refractivity contribution in [1.29, 1.82) is 5.26 Å². The summed E-state index contributed by atoms with van der Waals surface area (Å²) < 4.78 is 5.26. The summed E-state index contributed by atoms with van der Waals surface area (Å²) in [6, 6.07) is 10.8. The largest absolute Gasteiger partial charge is 0.422 e. The number of carbonyl (C=O) groups excluding carboxylic acids is 1. The summed E-state index contributed by atoms with van der Waals surface area (Å²) in [6.45, 7) is 8.31. The standard InChI is InChI=1S/C22H21N3O3S/c1-21(2)10-14-15(11-23)19(29-17(14)22(3,4)25-21)24-18(26)13-9-12-7-5-6-8-16(12)28-20(13)27/h5-9,25H,10H2,1-4H3,(H,24,26). The summed E-state index contributed by atoms with van der Waals surface area (Å²) in [7, 11) is 0. The van der Waals surface area contributed by atoms with E-state index >= 15 is 0 Å². The van der Waals surface area contributed by atoms with Crippen LogP contribution in [0.25, 0.3) is 11.0 Å². The molecule has 0 saturated heterocycles. The number of fused-ring (bicyclic) bond motifs is 2. The molecule has 2 N–H and O–H groups in total. The van der Waals surface area contributed by atoms with Crippen LogP contribution in [0.15, 0.2) is 39.5 Å². The fraction of sp³-hybridized carbons (Fsp3) is 0.318. The lowest BCUT2D eigenvalue weighted by Gasteiger charge is -2.42. The normalized spacial score (nSPS) is 16.8. The summed E-state index contributed by atoms with van der Waals surface area (Å²) in [5, 5.41) is 17.3. The number of hydrogen-bond donors (Lipinski definition) is 2. The van der Waals surface area contributed by atoms with Crippen molar-refractivity contribution >= 4 is 33.2 Å². The Labute approximate surface area is 172 Å². The molecule has 4 rings (SSSR count). The molecule has 3 heterocycles. The van der Waals surface area contributed by atoms with E-state index in [-0.39, 0.29) is 16.6 Å². The third-order valence-corrected chi connectivity index (χ3v) is 6.54. The molecule has 3 aromatic rings. The second-order valence-corrected chi connectivity index (χ2v) is 9.50. The molecule has 0 unspecified atom stereocenters. The van der Waals surface area contributed by atoms with E-state index in [1.165, 1.54) is 17.4 Å². The Balaban J connectivity index is 1.75. The zero-order valence-corrected chi connectivity index (χ0v) is 17.5. The van der Waals surface area contributed by atoms with Crippen molar-refractivity contribution < 1.29 is 9.21 Å². The van der Waals surface area contributed by atoms with Crippen LogP contribution >= 0.6 is 11.3 Å². The van der Waals surface area contributed by atoms with E-state index in [1.807, 2.05) is 6.07 Å². The van der Waals surface area contributed by atoms with Gasteiger partial charge in [0, 0.05) is 21.3 Å². The molecule has 6 nitrogen and oxygen atoms in total. The summed E-state index contributed by atoms with van der Waals surface area (Å²) in [5.74, 6) is -0.579. The molecule has 1 aromatic carbocycles. The van der Waals surface area contributed by atoms with Gasteiger partial charge in [0.05, 0.1) is 5.56 Å². The van der Waals surface area contributed by atoms with Gasteiger partial charge < -0.3 is 15.1 Å². The number of benzene rings is 1. The fourth-order valence-corrected chi connectivity index (χ4v) is 5.35. The maximum atomic E-state index is 12.9. The van der Waals surface area contributed by atoms with Gasteiger partial charge in [-0.25, -0.2) is 4.79 Å². The van der Waals surface area contributed by atoms with Gasteiger partial charge in [0.25, 0.3) is 5.91 Å². The first-order valence-electron chi connectivity index (χ1n) is 9.31. The van der Waals surface area contributed by atoms with Crippen LogP contribution in [0.5, 0.6) is 0 Å². The van der Waals surface area contributed by atoms with Crippen molar-refractivity contribution in [1.82, 2.24) is 5.32 Å². The first-order chi connectivity index (χ1) is 13.6. The summed E-state index contributed by atoms with van der Waals surface area (Å²) >= 11 is 1.38. The molecule has 0 radical (unpaired) electrons. The van der Waals surface area contributed by atoms with Crippen LogP contribution in [0.2, 0.25) is 0 Å². The smallest absolute Gasteiger partial charge is 0.349 e. The molecule has 0 atom stereocenters. The average Bonchev–Trinajstić information content (AvgIpc) is 2.97. The number of rotatable bonds is 2. The van der Waals surface area contributed by atoms with Crippen LogP contribution in [-0.2, 0) is 12.0 Å². The van der Waals surface area contributed by atoms with Crippen molar-refractivity contribution in [3.05, 3.63) is 62.3 Å². The Kier molecular flexibility index (Phi) is 4.37. The van der Waals surface area contributed by atoms with E-state index in [0.29, 0.717) is 28.0 Å². The molecule has 0 aliphatic carbocycles. The highest BCUT2D eigenvalue weighted by molar-refractivity contribution is 7.17. The van der Waals surface area contributed by atoms with Gasteiger partial charge >= 0.3 is 5.63 Å². The predicted molar refractivity (Wildman–Crippen MR) is 113 cm³/mol. The number of nitrogens with one attached hydrogen (secondary N) is 2. The van der Waals surface area contributed by atoms with Gasteiger partial charge in [-0.1, -0.05) is 18.2 Å². The van der Waals surface area contributed by atoms with Crippen molar-refractivity contribution in [2.24, 2.45) is 0 Å². The first kappa shape index (κ1) is 19.4. The van der Waals surface area contributed by atoms with Crippen LogP contribution < -0.4 is 16.3 Å². The van der Waals surface area contributed by atoms with Crippen LogP contribution in [0.3, 0.4) is 0 Å². The van der Waals surface area contributed by atoms with Gasteiger partial charge in [-0.2, -0.15) is 5.26 Å². The Morgan fingerprint density at radius 1 is 1.28 bits per heavy atom. The molecule has 29 heavy (non-hydrogen) atoms. The van der Waals surface area contributed by atoms with Crippen molar-refractivity contribution in [2.45, 2.75) is 45.2 Å². The van der Waals surface area contributed by atoms with E-state index in [9.17, 15) is 14.9 Å². The number of hydrogen-bond acceptors (Lipinski definition) is 6. The molecule has 0 spiro atoms. The lowest BCUT2D eigenvalue weighted by molar-refractivity contribution is 0.102. The minimum atomic E-state index is -0.704. The van der Waals surface area contributed by atoms with Gasteiger partial charge in [0.2, 0.25) is 0 Å². The Hall–Kier alpha value is -2.95. The maximum absolute atomic E-state index is 12.9. The summed E-state index contributed by atoms with van der Waals surface area (Å²) in [4.78, 5) is 26.2. The molecule has 0 bridgehead atoms. The SMILES string of the molecule is CC1(C)Cc2c(sc(NC(=O)c3cc4ccccc4oc3=O)c2C#N)C(C)(C)N1. The van der Waals surface area contributed by atoms with Gasteiger partial charge in [0.15, 0.2) is 0 Å². The minimum Gasteiger partial charge on any atom is -0.422 e. The third-order valence-electron chi connectivity index (χ3n) is 5.07. The maximum Gasteiger partial charge on any atom is 0.349 e. The van der Waals surface area contributed by atoms with Crippen LogP contribution in [0.4, 0.5) is 5.00 Å². The molecule has 0 fully saturated rings. The highest BCUT2D eigenvalue weighted by Crippen LogP contribution is 2.44. The molecular formula is C22H21N3O3S. The van der Waals surface area contributed by atoms with Gasteiger partial charge in [-0.15, -0.1) is 11.3 Å². The van der Waals surface area contributed by atoms with Crippen molar-refractivity contribution in [3.63, 3.8) is 0 Å². The molecule has 7 heteroatoms. The second kappa shape index (κ2) is 6.55. The van der Waals surface area contributed by atoms with Crippen LogP contribution in [-0.4, -0.2) is 11.4 Å². The number of nitriles is 1. The number of anilines is 1. The first-order valence-corrected chi connectivity index (χ1v) is 10.1. The fourth-order valence-electron chi connectivity index (χ4n) is 4.12. The van der Waals surface area contributed by atoms with Gasteiger partial charge in [-0.3, -0.25) is 4.79 Å². The Bertz CT molecular complexity index is 1240. The monoisotopic (exact) mass is 407 g/mol. The van der Waals surface area contributed by atoms with E-state index < -0.39 is 11.5 Å². The number of carbonyl (C=O) groups is 1. The molecule has 0 saturated carbocycles. The van der Waals surface area contributed by atoms with Gasteiger partial charge in [-0.05, 0) is 51.8 Å². The highest BCUT2D eigenvalue weighted by atomic mass is 32.1. The van der Waals surface area contributed by atoms with E-state index in [4.69, 9.17) is 4.42 Å². The van der Waals surface area contributed by atoms with Crippen LogP contribution in [0, 0.1) is 11.3 Å². The highest BCUT2D eigenvalue weighted by Gasteiger charge is 2.40. The molecule has 2 aromatic heterocycles. The molecule has 1 aliphatic rings.